The third kappa shape index (κ3) is 3.70. The van der Waals surface area contributed by atoms with E-state index in [4.69, 9.17) is 10.2 Å². The maximum absolute atomic E-state index is 10.2. The fourth-order valence-electron chi connectivity index (χ4n) is 0.788. The molecule has 0 aliphatic heterocycles. The third-order valence-electron chi connectivity index (χ3n) is 1.29. The van der Waals surface area contributed by atoms with E-state index in [-0.39, 0.29) is 39.5 Å². The Morgan fingerprint density at radius 1 is 1.25 bits per heavy atom. The number of carboxylic acids is 1. The van der Waals surface area contributed by atoms with E-state index >= 15 is 0 Å². The molecule has 4 heteroatoms. The van der Waals surface area contributed by atoms with Crippen molar-refractivity contribution in [1.29, 1.82) is 0 Å². The van der Waals surface area contributed by atoms with E-state index in [1.807, 2.05) is 0 Å². The average Bonchev–Trinajstić information content (AvgIpc) is 1.93. The van der Waals surface area contributed by atoms with Gasteiger partial charge in [-0.3, -0.25) is 4.79 Å². The van der Waals surface area contributed by atoms with Gasteiger partial charge in [0.05, 0.1) is 6.42 Å². The minimum absolute atomic E-state index is 0. The Balaban J connectivity index is 0.00000121. The van der Waals surface area contributed by atoms with Crippen molar-refractivity contribution in [2.24, 2.45) is 0 Å². The van der Waals surface area contributed by atoms with Crippen LogP contribution in [0.5, 0.6) is 5.75 Å². The van der Waals surface area contributed by atoms with Crippen LogP contribution in [0.15, 0.2) is 24.3 Å². The summed E-state index contributed by atoms with van der Waals surface area (Å²) in [6.45, 7) is 0. The number of carboxylic acid groups (broad SMARTS) is 1. The van der Waals surface area contributed by atoms with Crippen LogP contribution in [0, 0.1) is 0 Å². The van der Waals surface area contributed by atoms with E-state index in [1.165, 1.54) is 12.1 Å². The topological polar surface area (TPSA) is 57.5 Å². The first-order valence-corrected chi connectivity index (χ1v) is 3.18. The maximum Gasteiger partial charge on any atom is 0.307 e. The molecule has 12 heavy (non-hydrogen) atoms. The summed E-state index contributed by atoms with van der Waals surface area (Å²) in [5.74, 6) is -0.713. The molecule has 0 spiro atoms. The number of hydrogen-bond acceptors (Lipinski definition) is 2. The van der Waals surface area contributed by atoms with Crippen LogP contribution in [0.2, 0.25) is 0 Å². The standard InChI is InChI=1S/C8H8O3.Cd/c9-7-3-1-6(2-4-7)5-8(10)11;/h1-4,9H,5H2,(H,10,11);. The quantitative estimate of drug-likeness (QED) is 0.784. The smallest absolute Gasteiger partial charge is 0.307 e. The number of aromatic hydroxyl groups is 1. The average molecular weight is 265 g/mol. The largest absolute Gasteiger partial charge is 0.508 e. The number of benzene rings is 1. The molecular formula is C8H8CdO3. The van der Waals surface area contributed by atoms with Crippen LogP contribution in [0.1, 0.15) is 5.56 Å². The number of carbonyl (C=O) groups is 1. The van der Waals surface area contributed by atoms with Crippen LogP contribution in [0.4, 0.5) is 0 Å². The minimum Gasteiger partial charge on any atom is -0.508 e. The van der Waals surface area contributed by atoms with Crippen LogP contribution in [0.25, 0.3) is 0 Å². The van der Waals surface area contributed by atoms with Crippen molar-refractivity contribution >= 4 is 5.97 Å². The van der Waals surface area contributed by atoms with Crippen molar-refractivity contribution in [2.45, 2.75) is 6.42 Å². The molecule has 2 N–H and O–H groups in total. The molecule has 0 aliphatic carbocycles. The van der Waals surface area contributed by atoms with Crippen molar-refractivity contribution in [3.05, 3.63) is 29.8 Å². The fourth-order valence-corrected chi connectivity index (χ4v) is 0.788. The Labute approximate surface area is 90.2 Å². The Kier molecular flexibility index (Phi) is 4.88. The maximum atomic E-state index is 10.2. The molecule has 60 valence electrons. The molecule has 0 amide bonds. The summed E-state index contributed by atoms with van der Waals surface area (Å²) < 4.78 is 0. The van der Waals surface area contributed by atoms with Crippen molar-refractivity contribution in [3.63, 3.8) is 0 Å². The van der Waals surface area contributed by atoms with E-state index in [0.717, 1.165) is 0 Å². The number of hydrogen-bond donors (Lipinski definition) is 2. The summed E-state index contributed by atoms with van der Waals surface area (Å²) in [4.78, 5) is 10.2. The van der Waals surface area contributed by atoms with Gasteiger partial charge in [-0.1, -0.05) is 12.1 Å². The monoisotopic (exact) mass is 266 g/mol. The summed E-state index contributed by atoms with van der Waals surface area (Å²) in [7, 11) is 0. The van der Waals surface area contributed by atoms with Gasteiger partial charge in [0.15, 0.2) is 0 Å². The second kappa shape index (κ2) is 5.13. The first-order valence-electron chi connectivity index (χ1n) is 3.18. The van der Waals surface area contributed by atoms with Crippen LogP contribution < -0.4 is 0 Å². The van der Waals surface area contributed by atoms with Gasteiger partial charge in [-0.15, -0.1) is 0 Å². The summed E-state index contributed by atoms with van der Waals surface area (Å²) in [6, 6.07) is 6.11. The normalized spacial score (nSPS) is 8.67. The molecule has 1 aromatic rings. The van der Waals surface area contributed by atoms with Gasteiger partial charge in [0.1, 0.15) is 5.75 Å². The molecule has 0 heterocycles. The van der Waals surface area contributed by atoms with Crippen LogP contribution in [-0.2, 0) is 38.5 Å². The SMILES string of the molecule is O=C(O)Cc1ccc(O)cc1.[Cd]. The Hall–Kier alpha value is -0.588. The Bertz CT molecular complexity index is 256. The first kappa shape index (κ1) is 11.4. The molecule has 0 aromatic heterocycles. The molecular weight excluding hydrogens is 256 g/mol. The molecule has 0 unspecified atom stereocenters. The van der Waals surface area contributed by atoms with Crippen molar-refractivity contribution < 1.29 is 42.3 Å². The zero-order valence-corrected chi connectivity index (χ0v) is 10.6. The Morgan fingerprint density at radius 3 is 2.17 bits per heavy atom. The van der Waals surface area contributed by atoms with Gasteiger partial charge in [-0.25, -0.2) is 0 Å². The molecule has 0 bridgehead atoms. The number of phenolic OH excluding ortho intramolecular Hbond substituents is 1. The van der Waals surface area contributed by atoms with Crippen LogP contribution in [0.3, 0.4) is 0 Å². The van der Waals surface area contributed by atoms with Crippen molar-refractivity contribution in [3.8, 4) is 5.75 Å². The van der Waals surface area contributed by atoms with E-state index < -0.39 is 5.97 Å². The third-order valence-corrected chi connectivity index (χ3v) is 1.29. The summed E-state index contributed by atoms with van der Waals surface area (Å²) in [6.07, 6.45) is 0.000278. The Morgan fingerprint density at radius 2 is 1.75 bits per heavy atom. The van der Waals surface area contributed by atoms with Gasteiger partial charge in [0.2, 0.25) is 0 Å². The summed E-state index contributed by atoms with van der Waals surface area (Å²) >= 11 is 0. The van der Waals surface area contributed by atoms with Gasteiger partial charge >= 0.3 is 5.97 Å². The molecule has 1 aromatic carbocycles. The molecule has 0 atom stereocenters. The minimum atomic E-state index is -0.865. The second-order valence-corrected chi connectivity index (χ2v) is 2.24. The molecule has 0 saturated carbocycles. The van der Waals surface area contributed by atoms with Crippen LogP contribution >= 0.6 is 0 Å². The molecule has 0 radical (unpaired) electrons. The number of aliphatic carboxylic acids is 1. The molecule has 0 fully saturated rings. The van der Waals surface area contributed by atoms with Gasteiger partial charge in [0, 0.05) is 27.3 Å². The first-order chi connectivity index (χ1) is 5.18. The van der Waals surface area contributed by atoms with Gasteiger partial charge in [0.25, 0.3) is 0 Å². The van der Waals surface area contributed by atoms with Crippen molar-refractivity contribution in [1.82, 2.24) is 0 Å². The van der Waals surface area contributed by atoms with E-state index in [9.17, 15) is 4.79 Å². The molecule has 0 aliphatic rings. The van der Waals surface area contributed by atoms with E-state index in [0.29, 0.717) is 5.56 Å². The molecule has 1 rings (SSSR count). The van der Waals surface area contributed by atoms with Crippen LogP contribution in [-0.4, -0.2) is 16.2 Å². The molecule has 3 nitrogen and oxygen atoms in total. The fraction of sp³-hybridized carbons (Fsp3) is 0.125. The predicted octanol–water partition coefficient (Wildman–Crippen LogP) is 1.02. The summed E-state index contributed by atoms with van der Waals surface area (Å²) in [5, 5.41) is 17.2. The molecule has 0 saturated heterocycles. The zero-order chi connectivity index (χ0) is 8.27. The van der Waals surface area contributed by atoms with Gasteiger partial charge in [-0.05, 0) is 17.7 Å². The van der Waals surface area contributed by atoms with E-state index in [2.05, 4.69) is 0 Å². The van der Waals surface area contributed by atoms with Gasteiger partial charge in [-0.2, -0.15) is 0 Å². The second-order valence-electron chi connectivity index (χ2n) is 2.24. The number of phenols is 1. The predicted molar refractivity (Wildman–Crippen MR) is 39.4 cm³/mol. The zero-order valence-electron chi connectivity index (χ0n) is 6.53. The van der Waals surface area contributed by atoms with Gasteiger partial charge < -0.3 is 10.2 Å². The van der Waals surface area contributed by atoms with E-state index in [1.54, 1.807) is 12.1 Å². The summed E-state index contributed by atoms with van der Waals surface area (Å²) in [5.41, 5.74) is 0.690. The van der Waals surface area contributed by atoms with Crippen molar-refractivity contribution in [2.75, 3.05) is 0 Å². The number of rotatable bonds is 2.